The van der Waals surface area contributed by atoms with Crippen LogP contribution >= 0.6 is 0 Å². The summed E-state index contributed by atoms with van der Waals surface area (Å²) < 4.78 is 2.05. The molecule has 30 heavy (non-hydrogen) atoms. The van der Waals surface area contributed by atoms with Crippen LogP contribution < -0.4 is 5.43 Å². The summed E-state index contributed by atoms with van der Waals surface area (Å²) in [7, 11) is 2.01. The van der Waals surface area contributed by atoms with Crippen LogP contribution in [-0.4, -0.2) is 26.0 Å². The van der Waals surface area contributed by atoms with E-state index in [0.29, 0.717) is 29.1 Å². The van der Waals surface area contributed by atoms with Crippen LogP contribution in [0.4, 0.5) is 5.95 Å². The lowest BCUT2D eigenvalue weighted by Crippen LogP contribution is -2.36. The molecule has 6 nitrogen and oxygen atoms in total. The number of hydrazone groups is 1. The zero-order valence-electron chi connectivity index (χ0n) is 18.3. The number of allylic oxidation sites excluding steroid dienone is 2. The van der Waals surface area contributed by atoms with Crippen molar-refractivity contribution in [1.82, 2.24) is 19.7 Å². The molecular formula is C24H30N6. The standard InChI is InChI=1S/C24H30N6/c1-15-12-16-8-7-11-24(2,3)19(16)13-17(15)14-25-28-23-26-22-21(27-29-23)18-9-5-6-10-20(18)30(22)4/h5-6,8-10,14-15,17,19H,7,11-13H2,1-4H3,(H,26,28,29)/b25-14-/t15-,17+,19-/m0/s1. The Hall–Kier alpha value is -2.76. The molecule has 0 amide bonds. The van der Waals surface area contributed by atoms with Crippen molar-refractivity contribution in [2.75, 3.05) is 5.43 Å². The van der Waals surface area contributed by atoms with E-state index in [1.165, 1.54) is 25.7 Å². The van der Waals surface area contributed by atoms with Gasteiger partial charge in [0, 0.05) is 18.6 Å². The van der Waals surface area contributed by atoms with Gasteiger partial charge in [-0.3, -0.25) is 0 Å². The highest BCUT2D eigenvalue weighted by atomic mass is 15.4. The Labute approximate surface area is 177 Å². The lowest BCUT2D eigenvalue weighted by atomic mass is 9.59. The number of rotatable bonds is 3. The largest absolute Gasteiger partial charge is 0.327 e. The zero-order chi connectivity index (χ0) is 20.9. The maximum atomic E-state index is 4.66. The molecule has 0 radical (unpaired) electrons. The van der Waals surface area contributed by atoms with Crippen molar-refractivity contribution in [3.05, 3.63) is 35.9 Å². The van der Waals surface area contributed by atoms with Gasteiger partial charge in [0.05, 0.1) is 5.52 Å². The first-order valence-electron chi connectivity index (χ1n) is 11.0. The number of aromatic nitrogens is 4. The van der Waals surface area contributed by atoms with Gasteiger partial charge in [0.2, 0.25) is 0 Å². The Morgan fingerprint density at radius 2 is 2.07 bits per heavy atom. The SMILES string of the molecule is C[C@H]1CC2=CCCC(C)(C)[C@H]2C[C@@H]1/C=N\Nc1nnc2c3ccccc3n(C)c2n1. The lowest BCUT2D eigenvalue weighted by Gasteiger charge is -2.46. The van der Waals surface area contributed by atoms with Crippen LogP contribution in [-0.2, 0) is 7.05 Å². The van der Waals surface area contributed by atoms with Crippen molar-refractivity contribution in [2.45, 2.75) is 46.5 Å². The molecule has 1 saturated carbocycles. The Morgan fingerprint density at radius 3 is 2.93 bits per heavy atom. The van der Waals surface area contributed by atoms with Gasteiger partial charge in [-0.2, -0.15) is 10.1 Å². The van der Waals surface area contributed by atoms with E-state index in [-0.39, 0.29) is 0 Å². The highest BCUT2D eigenvalue weighted by molar-refractivity contribution is 6.04. The quantitative estimate of drug-likeness (QED) is 0.366. The van der Waals surface area contributed by atoms with E-state index < -0.39 is 0 Å². The minimum atomic E-state index is 0.385. The highest BCUT2D eigenvalue weighted by Gasteiger charge is 2.40. The summed E-state index contributed by atoms with van der Waals surface area (Å²) in [6, 6.07) is 8.17. The molecule has 1 N–H and O–H groups in total. The summed E-state index contributed by atoms with van der Waals surface area (Å²) in [6.07, 6.45) is 9.43. The number of nitrogens with one attached hydrogen (secondary N) is 1. The van der Waals surface area contributed by atoms with E-state index in [2.05, 4.69) is 75.5 Å². The van der Waals surface area contributed by atoms with Gasteiger partial charge in [-0.25, -0.2) is 5.43 Å². The van der Waals surface area contributed by atoms with Crippen LogP contribution in [0.5, 0.6) is 0 Å². The molecule has 156 valence electrons. The minimum Gasteiger partial charge on any atom is -0.327 e. The Kier molecular flexibility index (Phi) is 4.60. The van der Waals surface area contributed by atoms with Gasteiger partial charge < -0.3 is 4.57 Å². The minimum absolute atomic E-state index is 0.385. The van der Waals surface area contributed by atoms with Gasteiger partial charge in [0.15, 0.2) is 5.65 Å². The highest BCUT2D eigenvalue weighted by Crippen LogP contribution is 2.50. The Bertz CT molecular complexity index is 1160. The molecule has 0 aliphatic heterocycles. The van der Waals surface area contributed by atoms with Gasteiger partial charge >= 0.3 is 0 Å². The third kappa shape index (κ3) is 3.18. The molecule has 2 heterocycles. The fourth-order valence-electron chi connectivity index (χ4n) is 5.42. The fourth-order valence-corrected chi connectivity index (χ4v) is 5.42. The maximum absolute atomic E-state index is 4.66. The number of nitrogens with zero attached hydrogens (tertiary/aromatic N) is 5. The second-order valence-electron chi connectivity index (χ2n) is 9.71. The molecule has 1 fully saturated rings. The van der Waals surface area contributed by atoms with Gasteiger partial charge in [0.1, 0.15) is 5.52 Å². The van der Waals surface area contributed by atoms with Crippen LogP contribution in [0.2, 0.25) is 0 Å². The predicted octanol–water partition coefficient (Wildman–Crippen LogP) is 5.32. The molecule has 2 aliphatic carbocycles. The first-order valence-corrected chi connectivity index (χ1v) is 11.0. The molecule has 3 atom stereocenters. The topological polar surface area (TPSA) is 68.0 Å². The molecule has 6 heteroatoms. The number of benzene rings is 1. The van der Waals surface area contributed by atoms with Crippen LogP contribution in [0.15, 0.2) is 41.0 Å². The molecule has 0 spiro atoms. The van der Waals surface area contributed by atoms with E-state index >= 15 is 0 Å². The number of anilines is 1. The van der Waals surface area contributed by atoms with Crippen molar-refractivity contribution >= 4 is 34.2 Å². The molecule has 0 saturated heterocycles. The van der Waals surface area contributed by atoms with Gasteiger partial charge in [-0.1, -0.05) is 50.6 Å². The number of aryl methyl sites for hydroxylation is 1. The Morgan fingerprint density at radius 1 is 1.23 bits per heavy atom. The summed E-state index contributed by atoms with van der Waals surface area (Å²) in [4.78, 5) is 4.66. The van der Waals surface area contributed by atoms with Crippen LogP contribution in [0.25, 0.3) is 22.1 Å². The monoisotopic (exact) mass is 402 g/mol. The molecule has 0 unspecified atom stereocenters. The van der Waals surface area contributed by atoms with Crippen molar-refractivity contribution in [3.8, 4) is 0 Å². The number of para-hydroxylation sites is 1. The molecule has 1 aromatic carbocycles. The van der Waals surface area contributed by atoms with E-state index in [0.717, 1.165) is 22.1 Å². The fraction of sp³-hybridized carbons (Fsp3) is 0.500. The van der Waals surface area contributed by atoms with Crippen LogP contribution in [0, 0.1) is 23.2 Å². The van der Waals surface area contributed by atoms with E-state index in [1.54, 1.807) is 5.57 Å². The average molecular weight is 403 g/mol. The van der Waals surface area contributed by atoms with Crippen LogP contribution in [0.1, 0.15) is 46.5 Å². The lowest BCUT2D eigenvalue weighted by molar-refractivity contribution is 0.149. The normalized spacial score (nSPS) is 26.1. The van der Waals surface area contributed by atoms with Crippen molar-refractivity contribution in [1.29, 1.82) is 0 Å². The molecule has 3 aromatic rings. The van der Waals surface area contributed by atoms with Crippen LogP contribution in [0.3, 0.4) is 0 Å². The van der Waals surface area contributed by atoms with E-state index in [9.17, 15) is 0 Å². The molecule has 2 aliphatic rings. The molecule has 2 aromatic heterocycles. The van der Waals surface area contributed by atoms with Crippen molar-refractivity contribution in [2.24, 2.45) is 35.3 Å². The summed E-state index contributed by atoms with van der Waals surface area (Å²) in [5.74, 6) is 2.17. The molecule has 5 rings (SSSR count). The molecule has 0 bridgehead atoms. The zero-order valence-corrected chi connectivity index (χ0v) is 18.3. The first-order chi connectivity index (χ1) is 14.4. The summed E-state index contributed by atoms with van der Waals surface area (Å²) in [6.45, 7) is 7.19. The number of hydrogen-bond donors (Lipinski definition) is 1. The van der Waals surface area contributed by atoms with E-state index in [4.69, 9.17) is 0 Å². The van der Waals surface area contributed by atoms with Gasteiger partial charge in [-0.15, -0.1) is 10.2 Å². The summed E-state index contributed by atoms with van der Waals surface area (Å²) in [5, 5.41) is 14.3. The maximum Gasteiger partial charge on any atom is 0.265 e. The predicted molar refractivity (Wildman–Crippen MR) is 122 cm³/mol. The van der Waals surface area contributed by atoms with E-state index in [1.807, 2.05) is 19.2 Å². The third-order valence-corrected chi connectivity index (χ3v) is 7.32. The van der Waals surface area contributed by atoms with Gasteiger partial charge in [-0.05, 0) is 54.9 Å². The Balaban J connectivity index is 1.35. The van der Waals surface area contributed by atoms with Crippen molar-refractivity contribution < 1.29 is 0 Å². The second kappa shape index (κ2) is 7.18. The first kappa shape index (κ1) is 19.2. The smallest absolute Gasteiger partial charge is 0.265 e. The third-order valence-electron chi connectivity index (χ3n) is 7.32. The second-order valence-corrected chi connectivity index (χ2v) is 9.71. The summed E-state index contributed by atoms with van der Waals surface area (Å²) in [5.41, 5.74) is 7.82. The van der Waals surface area contributed by atoms with Gasteiger partial charge in [0.25, 0.3) is 5.95 Å². The van der Waals surface area contributed by atoms with Crippen molar-refractivity contribution in [3.63, 3.8) is 0 Å². The molecular weight excluding hydrogens is 372 g/mol. The number of hydrogen-bond acceptors (Lipinski definition) is 5. The summed E-state index contributed by atoms with van der Waals surface area (Å²) >= 11 is 0. The average Bonchev–Trinajstić information content (AvgIpc) is 3.01. The number of fused-ring (bicyclic) bond motifs is 4.